The maximum atomic E-state index is 11.7. The van der Waals surface area contributed by atoms with E-state index in [1.54, 1.807) is 24.3 Å². The lowest BCUT2D eigenvalue weighted by Crippen LogP contribution is -2.30. The second-order valence-corrected chi connectivity index (χ2v) is 4.71. The van der Waals surface area contributed by atoms with Crippen molar-refractivity contribution >= 4 is 33.6 Å². The smallest absolute Gasteiger partial charge is 0.323 e. The van der Waals surface area contributed by atoms with E-state index < -0.39 is 18.4 Å². The van der Waals surface area contributed by atoms with E-state index in [0.717, 1.165) is 21.5 Å². The number of carbonyl (C=O) groups is 3. The molecular weight excluding hydrogens is 314 g/mol. The van der Waals surface area contributed by atoms with Gasteiger partial charge in [-0.05, 0) is 30.3 Å². The van der Waals surface area contributed by atoms with Gasteiger partial charge in [-0.3, -0.25) is 14.4 Å². The number of carboxylic acids is 1. The first-order chi connectivity index (χ1) is 8.90. The van der Waals surface area contributed by atoms with Gasteiger partial charge in [-0.2, -0.15) is 0 Å². The minimum absolute atomic E-state index is 0.315. The molecule has 1 aromatic carbocycles. The average Bonchev–Trinajstić information content (AvgIpc) is 2.35. The van der Waals surface area contributed by atoms with Gasteiger partial charge in [0.2, 0.25) is 5.91 Å². The van der Waals surface area contributed by atoms with Gasteiger partial charge in [0.1, 0.15) is 6.54 Å². The Labute approximate surface area is 118 Å². The van der Waals surface area contributed by atoms with Gasteiger partial charge in [0.25, 0.3) is 0 Å². The quantitative estimate of drug-likeness (QED) is 0.660. The summed E-state index contributed by atoms with van der Waals surface area (Å²) in [4.78, 5) is 34.6. The summed E-state index contributed by atoms with van der Waals surface area (Å²) in [5.41, 5.74) is 0.452. The number of benzene rings is 1. The SMILES string of the molecule is CN(CC(=O)O)C(=O)/C=C/C(=O)c1ccc(Br)cc1. The van der Waals surface area contributed by atoms with Crippen LogP contribution in [0.25, 0.3) is 0 Å². The van der Waals surface area contributed by atoms with Gasteiger partial charge < -0.3 is 10.0 Å². The Bertz CT molecular complexity index is 522. The van der Waals surface area contributed by atoms with Gasteiger partial charge in [-0.1, -0.05) is 15.9 Å². The van der Waals surface area contributed by atoms with Crippen molar-refractivity contribution in [1.82, 2.24) is 4.90 Å². The molecule has 0 aliphatic rings. The molecule has 1 rings (SSSR count). The predicted octanol–water partition coefficient (Wildman–Crippen LogP) is 1.73. The van der Waals surface area contributed by atoms with Crippen LogP contribution in [0.1, 0.15) is 10.4 Å². The number of rotatable bonds is 5. The first-order valence-electron chi connectivity index (χ1n) is 5.35. The van der Waals surface area contributed by atoms with Crippen molar-refractivity contribution in [2.75, 3.05) is 13.6 Å². The number of halogens is 1. The van der Waals surface area contributed by atoms with E-state index in [4.69, 9.17) is 5.11 Å². The van der Waals surface area contributed by atoms with Crippen molar-refractivity contribution < 1.29 is 19.5 Å². The molecule has 0 saturated carbocycles. The third kappa shape index (κ3) is 5.05. The monoisotopic (exact) mass is 325 g/mol. The highest BCUT2D eigenvalue weighted by Gasteiger charge is 2.09. The number of hydrogen-bond acceptors (Lipinski definition) is 3. The number of carboxylic acid groups (broad SMARTS) is 1. The summed E-state index contributed by atoms with van der Waals surface area (Å²) in [5.74, 6) is -1.96. The average molecular weight is 326 g/mol. The standard InChI is InChI=1S/C13H12BrNO4/c1-15(8-13(18)19)12(17)7-6-11(16)9-2-4-10(14)5-3-9/h2-7H,8H2,1H3,(H,18,19)/b7-6+. The molecule has 1 N–H and O–H groups in total. The highest BCUT2D eigenvalue weighted by atomic mass is 79.9. The van der Waals surface area contributed by atoms with Crippen molar-refractivity contribution in [2.45, 2.75) is 0 Å². The van der Waals surface area contributed by atoms with E-state index >= 15 is 0 Å². The number of ketones is 1. The highest BCUT2D eigenvalue weighted by Crippen LogP contribution is 2.11. The fraction of sp³-hybridized carbons (Fsp3) is 0.154. The summed E-state index contributed by atoms with van der Waals surface area (Å²) in [6, 6.07) is 6.70. The second-order valence-electron chi connectivity index (χ2n) is 3.79. The molecule has 0 atom stereocenters. The van der Waals surface area contributed by atoms with Crippen LogP contribution >= 0.6 is 15.9 Å². The number of aliphatic carboxylic acids is 1. The third-order valence-corrected chi connectivity index (χ3v) is 2.78. The van der Waals surface area contributed by atoms with Crippen molar-refractivity contribution in [3.05, 3.63) is 46.5 Å². The Morgan fingerprint density at radius 2 is 1.79 bits per heavy atom. The Kier molecular flexibility index (Phi) is 5.44. The van der Waals surface area contributed by atoms with E-state index in [1.807, 2.05) is 0 Å². The van der Waals surface area contributed by atoms with Crippen LogP contribution in [0.5, 0.6) is 0 Å². The van der Waals surface area contributed by atoms with Gasteiger partial charge in [0.15, 0.2) is 5.78 Å². The lowest BCUT2D eigenvalue weighted by atomic mass is 10.1. The molecule has 1 amide bonds. The zero-order valence-electron chi connectivity index (χ0n) is 10.2. The molecule has 19 heavy (non-hydrogen) atoms. The van der Waals surface area contributed by atoms with Crippen molar-refractivity contribution in [2.24, 2.45) is 0 Å². The van der Waals surface area contributed by atoms with Crippen molar-refractivity contribution in [3.8, 4) is 0 Å². The molecule has 5 nitrogen and oxygen atoms in total. The molecule has 0 aliphatic heterocycles. The minimum Gasteiger partial charge on any atom is -0.480 e. The first kappa shape index (κ1) is 15.1. The topological polar surface area (TPSA) is 74.7 Å². The molecule has 0 aliphatic carbocycles. The van der Waals surface area contributed by atoms with E-state index in [-0.39, 0.29) is 5.78 Å². The molecule has 0 spiro atoms. The highest BCUT2D eigenvalue weighted by molar-refractivity contribution is 9.10. The van der Waals surface area contributed by atoms with Gasteiger partial charge in [-0.15, -0.1) is 0 Å². The number of hydrogen-bond donors (Lipinski definition) is 1. The van der Waals surface area contributed by atoms with Gasteiger partial charge in [0, 0.05) is 23.2 Å². The van der Waals surface area contributed by atoms with E-state index in [9.17, 15) is 14.4 Å². The molecule has 1 aromatic rings. The zero-order valence-corrected chi connectivity index (χ0v) is 11.8. The van der Waals surface area contributed by atoms with Crippen LogP contribution in [0.2, 0.25) is 0 Å². The maximum Gasteiger partial charge on any atom is 0.323 e. The molecule has 0 saturated heterocycles. The molecular formula is C13H12BrNO4. The van der Waals surface area contributed by atoms with Crippen LogP contribution in [-0.4, -0.2) is 41.3 Å². The molecule has 0 bridgehead atoms. The first-order valence-corrected chi connectivity index (χ1v) is 6.14. The summed E-state index contributed by atoms with van der Waals surface area (Å²) < 4.78 is 0.852. The lowest BCUT2D eigenvalue weighted by molar-refractivity contribution is -0.141. The fourth-order valence-electron chi connectivity index (χ4n) is 1.27. The number of amides is 1. The number of nitrogens with zero attached hydrogens (tertiary/aromatic N) is 1. The lowest BCUT2D eigenvalue weighted by Gasteiger charge is -2.10. The predicted molar refractivity (Wildman–Crippen MR) is 72.9 cm³/mol. The minimum atomic E-state index is -1.11. The van der Waals surface area contributed by atoms with Crippen LogP contribution in [0.15, 0.2) is 40.9 Å². The Morgan fingerprint density at radius 3 is 2.32 bits per heavy atom. The maximum absolute atomic E-state index is 11.7. The van der Waals surface area contributed by atoms with Gasteiger partial charge >= 0.3 is 5.97 Å². The molecule has 0 fully saturated rings. The van der Waals surface area contributed by atoms with Crippen LogP contribution in [0.3, 0.4) is 0 Å². The molecule has 0 unspecified atom stereocenters. The Morgan fingerprint density at radius 1 is 1.21 bits per heavy atom. The molecule has 100 valence electrons. The van der Waals surface area contributed by atoms with Gasteiger partial charge in [-0.25, -0.2) is 0 Å². The van der Waals surface area contributed by atoms with Crippen molar-refractivity contribution in [3.63, 3.8) is 0 Å². The Balaban J connectivity index is 2.65. The van der Waals surface area contributed by atoms with Crippen LogP contribution in [0, 0.1) is 0 Å². The molecule has 0 heterocycles. The second kappa shape index (κ2) is 6.84. The molecule has 0 radical (unpaired) electrons. The summed E-state index contributed by atoms with van der Waals surface area (Å²) in [6.07, 6.45) is 2.19. The summed E-state index contributed by atoms with van der Waals surface area (Å²) in [5, 5.41) is 8.52. The van der Waals surface area contributed by atoms with Gasteiger partial charge in [0.05, 0.1) is 0 Å². The third-order valence-electron chi connectivity index (χ3n) is 2.25. The summed E-state index contributed by atoms with van der Waals surface area (Å²) in [7, 11) is 1.35. The fourth-order valence-corrected chi connectivity index (χ4v) is 1.53. The number of likely N-dealkylation sites (N-methyl/N-ethyl adjacent to an activating group) is 1. The summed E-state index contributed by atoms with van der Waals surface area (Å²) in [6.45, 7) is -0.407. The summed E-state index contributed by atoms with van der Waals surface area (Å²) >= 11 is 3.25. The van der Waals surface area contributed by atoms with E-state index in [1.165, 1.54) is 7.05 Å². The van der Waals surface area contributed by atoms with Crippen LogP contribution < -0.4 is 0 Å². The number of carbonyl (C=O) groups excluding carboxylic acids is 2. The molecule has 0 aromatic heterocycles. The Hall–Kier alpha value is -1.95. The number of allylic oxidation sites excluding steroid dienone is 1. The largest absolute Gasteiger partial charge is 0.480 e. The zero-order chi connectivity index (χ0) is 14.4. The molecule has 6 heteroatoms. The van der Waals surface area contributed by atoms with E-state index in [2.05, 4.69) is 15.9 Å². The van der Waals surface area contributed by atoms with Crippen LogP contribution in [-0.2, 0) is 9.59 Å². The van der Waals surface area contributed by atoms with E-state index in [0.29, 0.717) is 5.56 Å². The van der Waals surface area contributed by atoms with Crippen LogP contribution in [0.4, 0.5) is 0 Å². The van der Waals surface area contributed by atoms with Crippen molar-refractivity contribution in [1.29, 1.82) is 0 Å². The normalized spacial score (nSPS) is 10.4.